The molecular weight excluding hydrogens is 382 g/mol. The molecule has 3 rings (SSSR count). The lowest BCUT2D eigenvalue weighted by Gasteiger charge is -2.04. The van der Waals surface area contributed by atoms with Gasteiger partial charge in [0.25, 0.3) is 0 Å². The van der Waals surface area contributed by atoms with Gasteiger partial charge in [0, 0.05) is 21.1 Å². The van der Waals surface area contributed by atoms with Crippen LogP contribution in [0.2, 0.25) is 5.02 Å². The molecule has 6 heteroatoms. The summed E-state index contributed by atoms with van der Waals surface area (Å²) in [6, 6.07) is 10.5. The molecule has 0 unspecified atom stereocenters. The van der Waals surface area contributed by atoms with Gasteiger partial charge in [-0.2, -0.15) is 0 Å². The zero-order chi connectivity index (χ0) is 16.4. The Labute approximate surface area is 145 Å². The summed E-state index contributed by atoms with van der Waals surface area (Å²) in [5, 5.41) is 0.823. The van der Waals surface area contributed by atoms with Crippen LogP contribution >= 0.6 is 27.5 Å². The zero-order valence-electron chi connectivity index (χ0n) is 12.0. The number of rotatable bonds is 3. The summed E-state index contributed by atoms with van der Waals surface area (Å²) in [6.07, 6.45) is 3.40. The number of aromatic nitrogens is 1. The van der Waals surface area contributed by atoms with Crippen molar-refractivity contribution in [1.29, 1.82) is 0 Å². The van der Waals surface area contributed by atoms with E-state index in [4.69, 9.17) is 20.8 Å². The van der Waals surface area contributed by atoms with Gasteiger partial charge in [0.05, 0.1) is 18.0 Å². The Bertz CT molecular complexity index is 966. The quantitative estimate of drug-likeness (QED) is 0.643. The first-order valence-electron chi connectivity index (χ1n) is 6.69. The molecule has 1 heterocycles. The summed E-state index contributed by atoms with van der Waals surface area (Å²) in [7, 11) is 1.60. The Hall–Kier alpha value is -2.11. The Morgan fingerprint density at radius 1 is 1.22 bits per heavy atom. The average molecular weight is 393 g/mol. The molecule has 23 heavy (non-hydrogen) atoms. The van der Waals surface area contributed by atoms with Gasteiger partial charge in [-0.05, 0) is 42.5 Å². The van der Waals surface area contributed by atoms with Gasteiger partial charge in [-0.3, -0.25) is 0 Å². The van der Waals surface area contributed by atoms with Crippen molar-refractivity contribution in [3.8, 4) is 5.75 Å². The van der Waals surface area contributed by atoms with Crippen molar-refractivity contribution in [2.24, 2.45) is 0 Å². The first kappa shape index (κ1) is 15.8. The molecule has 0 aliphatic rings. The van der Waals surface area contributed by atoms with E-state index in [9.17, 15) is 4.79 Å². The number of nitrogens with zero attached hydrogens (tertiary/aromatic N) is 1. The molecule has 0 radical (unpaired) electrons. The maximum atomic E-state index is 12.0. The van der Waals surface area contributed by atoms with Gasteiger partial charge < -0.3 is 9.15 Å². The molecule has 0 amide bonds. The molecule has 116 valence electrons. The molecule has 0 N–H and O–H groups in total. The lowest BCUT2D eigenvalue weighted by Crippen LogP contribution is -2.02. The fraction of sp³-hybridized carbons (Fsp3) is 0.0588. The number of hydrogen-bond donors (Lipinski definition) is 0. The topological polar surface area (TPSA) is 52.3 Å². The monoisotopic (exact) mass is 391 g/mol. The van der Waals surface area contributed by atoms with Gasteiger partial charge in [0.2, 0.25) is 5.89 Å². The fourth-order valence-electron chi connectivity index (χ4n) is 2.13. The van der Waals surface area contributed by atoms with Crippen LogP contribution in [0.25, 0.3) is 23.1 Å². The van der Waals surface area contributed by atoms with E-state index in [1.54, 1.807) is 37.5 Å². The Morgan fingerprint density at radius 2 is 2.04 bits per heavy atom. The summed E-state index contributed by atoms with van der Waals surface area (Å²) >= 11 is 9.29. The Balaban J connectivity index is 2.03. The normalized spacial score (nSPS) is 11.3. The van der Waals surface area contributed by atoms with E-state index in [0.29, 0.717) is 21.7 Å². The Morgan fingerprint density at radius 3 is 2.83 bits per heavy atom. The second kappa shape index (κ2) is 6.56. The summed E-state index contributed by atoms with van der Waals surface area (Å²) in [4.78, 5) is 16.3. The van der Waals surface area contributed by atoms with Gasteiger partial charge in [-0.25, -0.2) is 9.78 Å². The fourth-order valence-corrected chi connectivity index (χ4v) is 2.68. The number of methoxy groups -OCH3 is 1. The van der Waals surface area contributed by atoms with Crippen LogP contribution in [0, 0.1) is 0 Å². The highest BCUT2D eigenvalue weighted by Crippen LogP contribution is 2.25. The van der Waals surface area contributed by atoms with Crippen molar-refractivity contribution in [3.05, 3.63) is 67.8 Å². The van der Waals surface area contributed by atoms with E-state index in [-0.39, 0.29) is 5.89 Å². The van der Waals surface area contributed by atoms with Crippen LogP contribution in [-0.4, -0.2) is 12.1 Å². The van der Waals surface area contributed by atoms with E-state index >= 15 is 0 Å². The summed E-state index contributed by atoms with van der Waals surface area (Å²) in [5.41, 5.74) is 0.896. The molecule has 0 saturated carbocycles. The van der Waals surface area contributed by atoms with Gasteiger partial charge in [0.1, 0.15) is 5.75 Å². The first-order valence-corrected chi connectivity index (χ1v) is 7.86. The first-order chi connectivity index (χ1) is 11.1. The van der Waals surface area contributed by atoms with E-state index in [0.717, 1.165) is 10.0 Å². The molecule has 0 aliphatic heterocycles. The molecule has 4 nitrogen and oxygen atoms in total. The lowest BCUT2D eigenvalue weighted by molar-refractivity contribution is 0.414. The number of fused-ring (bicyclic) bond motifs is 1. The highest BCUT2D eigenvalue weighted by Gasteiger charge is 2.06. The predicted molar refractivity (Wildman–Crippen MR) is 94.9 cm³/mol. The molecule has 1 aromatic heterocycles. The van der Waals surface area contributed by atoms with E-state index in [1.807, 2.05) is 18.2 Å². The van der Waals surface area contributed by atoms with Crippen LogP contribution in [0.15, 0.2) is 50.1 Å². The van der Waals surface area contributed by atoms with E-state index in [2.05, 4.69) is 20.9 Å². The highest BCUT2D eigenvalue weighted by atomic mass is 79.9. The minimum Gasteiger partial charge on any atom is -0.496 e. The van der Waals surface area contributed by atoms with Crippen LogP contribution in [0.1, 0.15) is 11.5 Å². The van der Waals surface area contributed by atoms with Gasteiger partial charge in [-0.15, -0.1) is 0 Å². The molecule has 0 atom stereocenters. The van der Waals surface area contributed by atoms with Crippen molar-refractivity contribution in [2.75, 3.05) is 7.11 Å². The number of halogens is 2. The molecule has 0 bridgehead atoms. The van der Waals surface area contributed by atoms with Crippen molar-refractivity contribution in [2.45, 2.75) is 0 Å². The largest absolute Gasteiger partial charge is 0.496 e. The van der Waals surface area contributed by atoms with Crippen LogP contribution in [0.3, 0.4) is 0 Å². The second-order valence-electron chi connectivity index (χ2n) is 4.72. The standard InChI is InChI=1S/C17H11BrClNO3/c1-22-15-6-3-11(18)8-10(15)2-7-16-20-14-5-4-12(19)9-13(14)17(21)23-16/h2-9H,1H3/b7-2+. The van der Waals surface area contributed by atoms with Gasteiger partial charge in [-0.1, -0.05) is 27.5 Å². The third-order valence-electron chi connectivity index (χ3n) is 3.20. The van der Waals surface area contributed by atoms with Crippen LogP contribution in [0.5, 0.6) is 5.75 Å². The SMILES string of the molecule is COc1ccc(Br)cc1/C=C/c1nc2ccc(Cl)cc2c(=O)o1. The molecule has 2 aromatic carbocycles. The van der Waals surface area contributed by atoms with Crippen molar-refractivity contribution >= 4 is 50.6 Å². The third kappa shape index (κ3) is 3.46. The van der Waals surface area contributed by atoms with E-state index in [1.165, 1.54) is 0 Å². The van der Waals surface area contributed by atoms with Crippen molar-refractivity contribution in [1.82, 2.24) is 4.98 Å². The second-order valence-corrected chi connectivity index (χ2v) is 6.07. The van der Waals surface area contributed by atoms with Crippen LogP contribution in [0.4, 0.5) is 0 Å². The number of hydrogen-bond acceptors (Lipinski definition) is 4. The van der Waals surface area contributed by atoms with Crippen LogP contribution < -0.4 is 10.4 Å². The maximum absolute atomic E-state index is 12.0. The predicted octanol–water partition coefficient (Wildman–Crippen LogP) is 4.78. The van der Waals surface area contributed by atoms with Crippen LogP contribution in [-0.2, 0) is 0 Å². The number of ether oxygens (including phenoxy) is 1. The highest BCUT2D eigenvalue weighted by molar-refractivity contribution is 9.10. The molecule has 3 aromatic rings. The van der Waals surface area contributed by atoms with Gasteiger partial charge >= 0.3 is 5.63 Å². The molecule has 0 spiro atoms. The lowest BCUT2D eigenvalue weighted by atomic mass is 10.2. The minimum atomic E-state index is -0.474. The van der Waals surface area contributed by atoms with Crippen molar-refractivity contribution in [3.63, 3.8) is 0 Å². The zero-order valence-corrected chi connectivity index (χ0v) is 14.4. The maximum Gasteiger partial charge on any atom is 0.347 e. The van der Waals surface area contributed by atoms with Gasteiger partial charge in [0.15, 0.2) is 0 Å². The molecule has 0 aliphatic carbocycles. The number of benzene rings is 2. The average Bonchev–Trinajstić information content (AvgIpc) is 2.54. The third-order valence-corrected chi connectivity index (χ3v) is 3.93. The van der Waals surface area contributed by atoms with E-state index < -0.39 is 5.63 Å². The Kier molecular flexibility index (Phi) is 4.50. The molecular formula is C17H11BrClNO3. The summed E-state index contributed by atoms with van der Waals surface area (Å²) in [5.74, 6) is 0.922. The summed E-state index contributed by atoms with van der Waals surface area (Å²) < 4.78 is 11.4. The van der Waals surface area contributed by atoms with Crippen molar-refractivity contribution < 1.29 is 9.15 Å². The smallest absolute Gasteiger partial charge is 0.347 e. The minimum absolute atomic E-state index is 0.215. The molecule has 0 saturated heterocycles. The molecule has 0 fully saturated rings. The summed E-state index contributed by atoms with van der Waals surface area (Å²) in [6.45, 7) is 0.